The van der Waals surface area contributed by atoms with E-state index in [9.17, 15) is 9.59 Å². The molecule has 2 bridgehead atoms. The normalized spacial score (nSPS) is 18.9. The van der Waals surface area contributed by atoms with Crippen LogP contribution in [-0.2, 0) is 17.6 Å². The molecule has 1 amide bonds. The molecule has 0 aromatic carbocycles. The molecule has 2 aromatic rings. The first kappa shape index (κ1) is 24.8. The Bertz CT molecular complexity index is 890. The van der Waals surface area contributed by atoms with Gasteiger partial charge < -0.3 is 16.4 Å². The quantitative estimate of drug-likeness (QED) is 0.609. The number of nitrogens with one attached hydrogen (secondary N) is 2. The van der Waals surface area contributed by atoms with Gasteiger partial charge in [-0.05, 0) is 56.2 Å². The molecule has 4 N–H and O–H groups in total. The summed E-state index contributed by atoms with van der Waals surface area (Å²) in [5.74, 6) is 0.598. The van der Waals surface area contributed by atoms with Crippen molar-refractivity contribution >= 4 is 17.6 Å². The average Bonchev–Trinajstić information content (AvgIpc) is 2.84. The first-order valence-electron chi connectivity index (χ1n) is 12.2. The molecule has 178 valence electrons. The molecule has 8 nitrogen and oxygen atoms in total. The van der Waals surface area contributed by atoms with Crippen molar-refractivity contribution in [1.29, 1.82) is 0 Å². The van der Waals surface area contributed by atoms with E-state index < -0.39 is 6.04 Å². The highest BCUT2D eigenvalue weighted by atomic mass is 16.2. The van der Waals surface area contributed by atoms with Crippen LogP contribution in [0.2, 0.25) is 0 Å². The van der Waals surface area contributed by atoms with Crippen LogP contribution in [-0.4, -0.2) is 45.8 Å². The van der Waals surface area contributed by atoms with Gasteiger partial charge in [0.05, 0.1) is 17.3 Å². The summed E-state index contributed by atoms with van der Waals surface area (Å²) in [5.41, 5.74) is 8.54. The van der Waals surface area contributed by atoms with E-state index in [4.69, 9.17) is 10.7 Å². The zero-order valence-corrected chi connectivity index (χ0v) is 19.4. The van der Waals surface area contributed by atoms with Crippen LogP contribution >= 0.6 is 0 Å². The predicted octanol–water partition coefficient (Wildman–Crippen LogP) is 3.22. The smallest absolute Gasteiger partial charge is 0.236 e. The van der Waals surface area contributed by atoms with Gasteiger partial charge in [0, 0.05) is 38.1 Å². The van der Waals surface area contributed by atoms with Crippen molar-refractivity contribution in [3.05, 3.63) is 47.5 Å². The summed E-state index contributed by atoms with van der Waals surface area (Å²) in [5, 5.41) is 6.24. The summed E-state index contributed by atoms with van der Waals surface area (Å²) < 4.78 is 0. The van der Waals surface area contributed by atoms with Crippen molar-refractivity contribution in [1.82, 2.24) is 20.3 Å². The predicted molar refractivity (Wildman–Crippen MR) is 129 cm³/mol. The minimum Gasteiger partial charge on any atom is -0.355 e. The third kappa shape index (κ3) is 8.53. The molecular weight excluding hydrogens is 416 g/mol. The van der Waals surface area contributed by atoms with Crippen LogP contribution in [0.1, 0.15) is 79.4 Å². The second-order valence-corrected chi connectivity index (χ2v) is 8.67. The highest BCUT2D eigenvalue weighted by molar-refractivity contribution is 5.97. The fraction of sp³-hybridized carbons (Fsp3) is 0.560. The highest BCUT2D eigenvalue weighted by Gasteiger charge is 2.16. The number of anilines is 1. The number of pyridine rings is 1. The van der Waals surface area contributed by atoms with Gasteiger partial charge in [0.2, 0.25) is 11.9 Å². The maximum Gasteiger partial charge on any atom is 0.236 e. The van der Waals surface area contributed by atoms with Crippen LogP contribution in [0.25, 0.3) is 0 Å². The van der Waals surface area contributed by atoms with E-state index in [-0.39, 0.29) is 11.7 Å². The Morgan fingerprint density at radius 3 is 2.52 bits per heavy atom. The van der Waals surface area contributed by atoms with Crippen LogP contribution in [0.3, 0.4) is 0 Å². The van der Waals surface area contributed by atoms with Gasteiger partial charge in [-0.15, -0.1) is 0 Å². The standard InChI is InChI=1S/C25H36N6O2/c26-21-8-4-3-5-9-22-20(23(32)11-10-19-12-16-27-17-13-19)18-30-25(31-22)29-15-7-2-1-6-14-28-24(21)33/h12-13,16-18,21H,1-11,14-15,26H2,(H,28,33)(H,29,30,31)/t21-/m0/s1. The molecule has 2 aromatic heterocycles. The molecule has 3 rings (SSSR count). The molecule has 0 unspecified atom stereocenters. The Balaban J connectivity index is 1.65. The highest BCUT2D eigenvalue weighted by Crippen LogP contribution is 2.17. The molecule has 3 heterocycles. The van der Waals surface area contributed by atoms with E-state index in [2.05, 4.69) is 20.6 Å². The minimum absolute atomic E-state index is 0.0553. The Labute approximate surface area is 196 Å². The minimum atomic E-state index is -0.455. The van der Waals surface area contributed by atoms with E-state index in [0.717, 1.165) is 62.7 Å². The number of ketones is 1. The van der Waals surface area contributed by atoms with Crippen molar-refractivity contribution in [2.24, 2.45) is 5.73 Å². The lowest BCUT2D eigenvalue weighted by molar-refractivity contribution is -0.122. The largest absolute Gasteiger partial charge is 0.355 e. The molecule has 0 saturated heterocycles. The summed E-state index contributed by atoms with van der Waals surface area (Å²) in [4.78, 5) is 38.2. The second kappa shape index (κ2) is 13.6. The van der Waals surface area contributed by atoms with Gasteiger partial charge in [-0.1, -0.05) is 25.7 Å². The summed E-state index contributed by atoms with van der Waals surface area (Å²) in [7, 11) is 0. The third-order valence-corrected chi connectivity index (χ3v) is 6.01. The number of carbonyl (C=O) groups excluding carboxylic acids is 2. The first-order valence-corrected chi connectivity index (χ1v) is 12.2. The Morgan fingerprint density at radius 2 is 1.73 bits per heavy atom. The maximum absolute atomic E-state index is 13.0. The van der Waals surface area contributed by atoms with Gasteiger partial charge in [0.15, 0.2) is 5.78 Å². The van der Waals surface area contributed by atoms with Crippen LogP contribution in [0.5, 0.6) is 0 Å². The number of carbonyl (C=O) groups is 2. The second-order valence-electron chi connectivity index (χ2n) is 8.67. The van der Waals surface area contributed by atoms with E-state index in [1.807, 2.05) is 12.1 Å². The van der Waals surface area contributed by atoms with Gasteiger partial charge in [-0.2, -0.15) is 0 Å². The number of Topliss-reactive ketones (excluding diaryl/α,β-unsaturated/α-hetero) is 1. The van der Waals surface area contributed by atoms with E-state index in [1.54, 1.807) is 18.6 Å². The molecule has 0 aliphatic carbocycles. The lowest BCUT2D eigenvalue weighted by Crippen LogP contribution is -2.40. The van der Waals surface area contributed by atoms with Crippen LogP contribution < -0.4 is 16.4 Å². The maximum atomic E-state index is 13.0. The van der Waals surface area contributed by atoms with E-state index >= 15 is 0 Å². The average molecular weight is 453 g/mol. The third-order valence-electron chi connectivity index (χ3n) is 6.01. The topological polar surface area (TPSA) is 123 Å². The molecule has 1 atom stereocenters. The fourth-order valence-corrected chi connectivity index (χ4v) is 3.98. The molecular formula is C25H36N6O2. The SMILES string of the molecule is N[C@H]1CCCCCc2nc(ncc2C(=O)CCc2ccncc2)NCCCCCCNC1=O. The van der Waals surface area contributed by atoms with E-state index in [0.29, 0.717) is 43.7 Å². The van der Waals surface area contributed by atoms with Crippen molar-refractivity contribution < 1.29 is 9.59 Å². The van der Waals surface area contributed by atoms with Gasteiger partial charge >= 0.3 is 0 Å². The molecule has 0 saturated carbocycles. The first-order chi connectivity index (χ1) is 16.1. The van der Waals surface area contributed by atoms with Gasteiger partial charge in [0.25, 0.3) is 0 Å². The Hall–Kier alpha value is -2.87. The van der Waals surface area contributed by atoms with Crippen molar-refractivity contribution in [2.45, 2.75) is 76.7 Å². The van der Waals surface area contributed by atoms with Gasteiger partial charge in [-0.3, -0.25) is 14.6 Å². The number of fused-ring (bicyclic) bond motifs is 2. The molecule has 33 heavy (non-hydrogen) atoms. The number of aromatic nitrogens is 3. The number of hydrogen-bond acceptors (Lipinski definition) is 7. The van der Waals surface area contributed by atoms with Crippen LogP contribution in [0, 0.1) is 0 Å². The van der Waals surface area contributed by atoms with Crippen LogP contribution in [0.15, 0.2) is 30.7 Å². The van der Waals surface area contributed by atoms with Crippen molar-refractivity contribution in [3.8, 4) is 0 Å². The lowest BCUT2D eigenvalue weighted by atomic mass is 10.00. The zero-order valence-electron chi connectivity index (χ0n) is 19.4. The molecule has 0 spiro atoms. The number of hydrogen-bond donors (Lipinski definition) is 3. The molecule has 8 heteroatoms. The van der Waals surface area contributed by atoms with E-state index in [1.165, 1.54) is 0 Å². The number of nitrogens with two attached hydrogens (primary N) is 1. The molecule has 1 aliphatic rings. The summed E-state index contributed by atoms with van der Waals surface area (Å²) in [6.45, 7) is 1.47. The molecule has 0 radical (unpaired) electrons. The number of aryl methyl sites for hydroxylation is 2. The Morgan fingerprint density at radius 1 is 1.00 bits per heavy atom. The number of nitrogens with zero attached hydrogens (tertiary/aromatic N) is 3. The Kier molecular flexibility index (Phi) is 10.2. The number of rotatable bonds is 4. The van der Waals surface area contributed by atoms with Gasteiger partial charge in [-0.25, -0.2) is 9.97 Å². The summed E-state index contributed by atoms with van der Waals surface area (Å²) in [6, 6.07) is 3.41. The van der Waals surface area contributed by atoms with Crippen LogP contribution in [0.4, 0.5) is 5.95 Å². The monoisotopic (exact) mass is 452 g/mol. The lowest BCUT2D eigenvalue weighted by Gasteiger charge is -2.14. The fourth-order valence-electron chi connectivity index (χ4n) is 3.98. The van der Waals surface area contributed by atoms with Crippen molar-refractivity contribution in [3.63, 3.8) is 0 Å². The summed E-state index contributed by atoms with van der Waals surface area (Å²) >= 11 is 0. The summed E-state index contributed by atoms with van der Waals surface area (Å²) in [6.07, 6.45) is 14.4. The number of amides is 1. The van der Waals surface area contributed by atoms with Gasteiger partial charge in [0.1, 0.15) is 0 Å². The van der Waals surface area contributed by atoms with Crippen molar-refractivity contribution in [2.75, 3.05) is 18.4 Å². The molecule has 0 fully saturated rings. The zero-order chi connectivity index (χ0) is 23.3. The molecule has 1 aliphatic heterocycles.